The lowest BCUT2D eigenvalue weighted by Crippen LogP contribution is -2.19. The number of carbonyl (C=O) groups excluding carboxylic acids is 1. The number of nitrogens with one attached hydrogen (secondary N) is 2. The molecule has 4 rings (SSSR count). The van der Waals surface area contributed by atoms with Gasteiger partial charge in [-0.1, -0.05) is 30.7 Å². The Kier molecular flexibility index (Phi) is 5.57. The Labute approximate surface area is 183 Å². The number of nitrogen functional groups attached to an aromatic ring is 1. The number of benzene rings is 2. The van der Waals surface area contributed by atoms with Gasteiger partial charge >= 0.3 is 6.03 Å². The maximum Gasteiger partial charge on any atom is 0.323 e. The summed E-state index contributed by atoms with van der Waals surface area (Å²) in [4.78, 5) is 22.9. The number of hydrogen-bond acceptors (Lipinski definition) is 5. The van der Waals surface area contributed by atoms with Gasteiger partial charge < -0.3 is 16.4 Å². The largest absolute Gasteiger partial charge is 0.383 e. The van der Waals surface area contributed by atoms with Crippen LogP contribution < -0.4 is 16.4 Å². The topological polar surface area (TPSA) is 92.9 Å². The highest BCUT2D eigenvalue weighted by Crippen LogP contribution is 2.40. The zero-order valence-corrected chi connectivity index (χ0v) is 18.1. The van der Waals surface area contributed by atoms with E-state index in [0.29, 0.717) is 22.2 Å². The Morgan fingerprint density at radius 1 is 1.10 bits per heavy atom. The van der Waals surface area contributed by atoms with Gasteiger partial charge in [0, 0.05) is 26.8 Å². The van der Waals surface area contributed by atoms with Crippen LogP contribution in [-0.4, -0.2) is 16.0 Å². The standard InChI is InChI=1S/C22H20ClN5OS/c1-3-17-18(19-20(24)25-11-26-21(19)30-17)13-4-6-14(7-5-13)27-22(29)28-15-8-9-16(23)12(2)10-15/h4-11H,3H2,1-2H3,(H2,24,25,26)(H2,27,28,29). The van der Waals surface area contributed by atoms with Crippen molar-refractivity contribution in [2.45, 2.75) is 20.3 Å². The molecule has 4 aromatic rings. The second-order valence-electron chi connectivity index (χ2n) is 6.81. The van der Waals surface area contributed by atoms with Crippen LogP contribution in [0.5, 0.6) is 0 Å². The fraction of sp³-hybridized carbons (Fsp3) is 0.136. The molecule has 8 heteroatoms. The number of nitrogens with zero attached hydrogens (tertiary/aromatic N) is 2. The molecule has 0 saturated carbocycles. The van der Waals surface area contributed by atoms with Crippen LogP contribution in [0.15, 0.2) is 48.8 Å². The van der Waals surface area contributed by atoms with Crippen molar-refractivity contribution < 1.29 is 4.79 Å². The van der Waals surface area contributed by atoms with Gasteiger partial charge in [-0.3, -0.25) is 0 Å². The summed E-state index contributed by atoms with van der Waals surface area (Å²) in [5, 5.41) is 7.20. The third-order valence-corrected chi connectivity index (χ3v) is 6.43. The number of thiophene rings is 1. The molecule has 4 N–H and O–H groups in total. The molecule has 0 unspecified atom stereocenters. The van der Waals surface area contributed by atoms with Gasteiger partial charge in [-0.15, -0.1) is 11.3 Å². The van der Waals surface area contributed by atoms with E-state index in [-0.39, 0.29) is 6.03 Å². The van der Waals surface area contributed by atoms with Crippen LogP contribution in [0.3, 0.4) is 0 Å². The van der Waals surface area contributed by atoms with Crippen molar-refractivity contribution in [3.05, 3.63) is 64.3 Å². The van der Waals surface area contributed by atoms with Crippen LogP contribution in [0.2, 0.25) is 5.02 Å². The van der Waals surface area contributed by atoms with E-state index in [0.717, 1.165) is 33.3 Å². The van der Waals surface area contributed by atoms with Gasteiger partial charge in [0.15, 0.2) is 0 Å². The van der Waals surface area contributed by atoms with E-state index in [4.69, 9.17) is 17.3 Å². The summed E-state index contributed by atoms with van der Waals surface area (Å²) in [6, 6.07) is 12.7. The quantitative estimate of drug-likeness (QED) is 0.359. The number of hydrogen-bond donors (Lipinski definition) is 3. The van der Waals surface area contributed by atoms with Gasteiger partial charge in [-0.2, -0.15) is 0 Å². The maximum absolute atomic E-state index is 12.3. The third kappa shape index (κ3) is 3.94. The zero-order valence-electron chi connectivity index (χ0n) is 16.5. The molecule has 0 bridgehead atoms. The number of aryl methyl sites for hydroxylation is 2. The highest BCUT2D eigenvalue weighted by molar-refractivity contribution is 7.19. The lowest BCUT2D eigenvalue weighted by atomic mass is 10.0. The van der Waals surface area contributed by atoms with Crippen LogP contribution in [0.1, 0.15) is 17.4 Å². The molecule has 0 spiro atoms. The van der Waals surface area contributed by atoms with Crippen LogP contribution in [-0.2, 0) is 6.42 Å². The van der Waals surface area contributed by atoms with Crippen molar-refractivity contribution in [2.75, 3.05) is 16.4 Å². The molecule has 0 saturated heterocycles. The number of aromatic nitrogens is 2. The first-order chi connectivity index (χ1) is 14.5. The number of carbonyl (C=O) groups is 1. The van der Waals surface area contributed by atoms with Crippen molar-refractivity contribution in [3.63, 3.8) is 0 Å². The van der Waals surface area contributed by atoms with E-state index in [1.807, 2.05) is 37.3 Å². The van der Waals surface area contributed by atoms with Crippen LogP contribution in [0.25, 0.3) is 21.3 Å². The molecule has 152 valence electrons. The SMILES string of the molecule is CCc1sc2ncnc(N)c2c1-c1ccc(NC(=O)Nc2ccc(Cl)c(C)c2)cc1. The first-order valence-corrected chi connectivity index (χ1v) is 10.6. The van der Waals surface area contributed by atoms with Crippen molar-refractivity contribution in [3.8, 4) is 11.1 Å². The smallest absolute Gasteiger partial charge is 0.323 e. The normalized spacial score (nSPS) is 10.9. The lowest BCUT2D eigenvalue weighted by molar-refractivity contribution is 0.262. The monoisotopic (exact) mass is 437 g/mol. The summed E-state index contributed by atoms with van der Waals surface area (Å²) < 4.78 is 0. The van der Waals surface area contributed by atoms with Gasteiger partial charge in [0.05, 0.1) is 5.39 Å². The summed E-state index contributed by atoms with van der Waals surface area (Å²) in [6.45, 7) is 4.00. The fourth-order valence-corrected chi connectivity index (χ4v) is 4.52. The highest BCUT2D eigenvalue weighted by Gasteiger charge is 2.17. The second-order valence-corrected chi connectivity index (χ2v) is 8.30. The molecular weight excluding hydrogens is 418 g/mol. The molecule has 0 atom stereocenters. The van der Waals surface area contributed by atoms with Crippen LogP contribution in [0, 0.1) is 6.92 Å². The Hall–Kier alpha value is -3.16. The summed E-state index contributed by atoms with van der Waals surface area (Å²) in [5.74, 6) is 0.478. The molecule has 0 aliphatic carbocycles. The van der Waals surface area contributed by atoms with E-state index in [1.165, 1.54) is 11.2 Å². The Morgan fingerprint density at radius 3 is 2.50 bits per heavy atom. The molecule has 2 heterocycles. The van der Waals surface area contributed by atoms with E-state index in [9.17, 15) is 4.79 Å². The first-order valence-electron chi connectivity index (χ1n) is 9.42. The van der Waals surface area contributed by atoms with E-state index >= 15 is 0 Å². The molecule has 30 heavy (non-hydrogen) atoms. The molecule has 2 aromatic carbocycles. The van der Waals surface area contributed by atoms with E-state index < -0.39 is 0 Å². The van der Waals surface area contributed by atoms with Crippen LogP contribution in [0.4, 0.5) is 22.0 Å². The minimum Gasteiger partial charge on any atom is -0.383 e. The number of halogens is 1. The van der Waals surface area contributed by atoms with Gasteiger partial charge in [-0.05, 0) is 54.8 Å². The Bertz CT molecular complexity index is 1240. The van der Waals surface area contributed by atoms with E-state index in [2.05, 4.69) is 27.5 Å². The third-order valence-electron chi connectivity index (χ3n) is 4.76. The Balaban J connectivity index is 1.55. The molecule has 0 aliphatic heterocycles. The molecule has 2 amide bonds. The summed E-state index contributed by atoms with van der Waals surface area (Å²) in [5.41, 5.74) is 10.5. The summed E-state index contributed by atoms with van der Waals surface area (Å²) in [6.07, 6.45) is 2.36. The minimum absolute atomic E-state index is 0.322. The predicted molar refractivity (Wildman–Crippen MR) is 125 cm³/mol. The molecule has 6 nitrogen and oxygen atoms in total. The van der Waals surface area contributed by atoms with Gasteiger partial charge in [0.1, 0.15) is 17.0 Å². The predicted octanol–water partition coefficient (Wildman–Crippen LogP) is 6.11. The fourth-order valence-electron chi connectivity index (χ4n) is 3.29. The maximum atomic E-state index is 12.3. The number of rotatable bonds is 4. The molecular formula is C22H20ClN5OS. The highest BCUT2D eigenvalue weighted by atomic mass is 35.5. The Morgan fingerprint density at radius 2 is 1.80 bits per heavy atom. The van der Waals surface area contributed by atoms with Gasteiger partial charge in [0.2, 0.25) is 0 Å². The minimum atomic E-state index is -0.322. The average molecular weight is 438 g/mol. The number of fused-ring (bicyclic) bond motifs is 1. The zero-order chi connectivity index (χ0) is 21.3. The number of urea groups is 1. The second kappa shape index (κ2) is 8.30. The van der Waals surface area contributed by atoms with Gasteiger partial charge in [-0.25, -0.2) is 14.8 Å². The lowest BCUT2D eigenvalue weighted by Gasteiger charge is -2.10. The van der Waals surface area contributed by atoms with Crippen LogP contribution >= 0.6 is 22.9 Å². The first kappa shape index (κ1) is 20.1. The number of anilines is 3. The molecule has 0 radical (unpaired) electrons. The van der Waals surface area contributed by atoms with Crippen molar-refractivity contribution in [1.82, 2.24) is 9.97 Å². The average Bonchev–Trinajstić information content (AvgIpc) is 3.11. The van der Waals surface area contributed by atoms with Crippen molar-refractivity contribution in [1.29, 1.82) is 0 Å². The molecule has 2 aromatic heterocycles. The molecule has 0 fully saturated rings. The van der Waals surface area contributed by atoms with Crippen molar-refractivity contribution >= 4 is 56.4 Å². The van der Waals surface area contributed by atoms with Gasteiger partial charge in [0.25, 0.3) is 0 Å². The number of amides is 2. The number of nitrogens with two attached hydrogens (primary N) is 1. The summed E-state index contributed by atoms with van der Waals surface area (Å²) in [7, 11) is 0. The molecule has 0 aliphatic rings. The summed E-state index contributed by atoms with van der Waals surface area (Å²) >= 11 is 7.66. The van der Waals surface area contributed by atoms with Crippen molar-refractivity contribution in [2.24, 2.45) is 0 Å². The van der Waals surface area contributed by atoms with E-state index in [1.54, 1.807) is 23.5 Å².